The second-order valence-electron chi connectivity index (χ2n) is 7.18. The van der Waals surface area contributed by atoms with E-state index < -0.39 is 0 Å². The van der Waals surface area contributed by atoms with Crippen molar-refractivity contribution in [1.82, 2.24) is 0 Å². The zero-order valence-electron chi connectivity index (χ0n) is 14.9. The minimum Gasteiger partial charge on any atom is -0.463 e. The molecule has 0 aliphatic carbocycles. The van der Waals surface area contributed by atoms with Gasteiger partial charge < -0.3 is 4.74 Å². The first kappa shape index (κ1) is 19.9. The first-order valence-corrected chi connectivity index (χ1v) is 8.26. The number of hydrogen-bond donors (Lipinski definition) is 0. The van der Waals surface area contributed by atoms with Gasteiger partial charge in [0.25, 0.3) is 0 Å². The van der Waals surface area contributed by atoms with Crippen molar-refractivity contribution in [1.29, 1.82) is 0 Å². The van der Waals surface area contributed by atoms with E-state index in [0.29, 0.717) is 12.0 Å². The number of hydrogen-bond acceptors (Lipinski definition) is 2. The molecule has 1 atom stereocenters. The summed E-state index contributed by atoms with van der Waals surface area (Å²) >= 11 is 0. The van der Waals surface area contributed by atoms with Crippen LogP contribution in [0.3, 0.4) is 0 Å². The van der Waals surface area contributed by atoms with Crippen LogP contribution in [0, 0.1) is 11.3 Å². The smallest absolute Gasteiger partial charge is 0.330 e. The van der Waals surface area contributed by atoms with Gasteiger partial charge in [-0.05, 0) is 50.0 Å². The van der Waals surface area contributed by atoms with Crippen LogP contribution in [0.1, 0.15) is 73.6 Å². The Labute approximate surface area is 131 Å². The first-order valence-electron chi connectivity index (χ1n) is 8.26. The van der Waals surface area contributed by atoms with Crippen LogP contribution in [0.15, 0.2) is 23.8 Å². The van der Waals surface area contributed by atoms with Crippen LogP contribution in [0.4, 0.5) is 0 Å². The monoisotopic (exact) mass is 294 g/mol. The number of carbonyl (C=O) groups excluding carboxylic acids is 1. The lowest BCUT2D eigenvalue weighted by molar-refractivity contribution is -0.137. The standard InChI is InChI=1S/C19H34O2/c1-7-21-18(20)15-17(3)12-9-8-11-16(2)13-10-14-19(4,5)6/h9,12,15-16H,7-8,10-11,13-14H2,1-6H3/b12-9+,17-15+. The lowest BCUT2D eigenvalue weighted by atomic mass is 9.87. The molecule has 0 aromatic heterocycles. The molecule has 0 saturated carbocycles. The number of ether oxygens (including phenoxy) is 1. The average molecular weight is 294 g/mol. The van der Waals surface area contributed by atoms with E-state index in [2.05, 4.69) is 33.8 Å². The molecule has 0 aromatic carbocycles. The van der Waals surface area contributed by atoms with Gasteiger partial charge in [-0.25, -0.2) is 4.79 Å². The van der Waals surface area contributed by atoms with E-state index in [1.807, 2.05) is 19.9 Å². The van der Waals surface area contributed by atoms with E-state index in [-0.39, 0.29) is 5.97 Å². The van der Waals surface area contributed by atoms with Crippen molar-refractivity contribution >= 4 is 5.97 Å². The van der Waals surface area contributed by atoms with Gasteiger partial charge in [0.15, 0.2) is 0 Å². The van der Waals surface area contributed by atoms with E-state index in [1.165, 1.54) is 25.7 Å². The SMILES string of the molecule is CCOC(=O)/C=C(C)/C=C/CCC(C)CCCC(C)(C)C. The third-order valence-corrected chi connectivity index (χ3v) is 3.46. The fourth-order valence-electron chi connectivity index (χ4n) is 2.19. The molecule has 0 rings (SSSR count). The Bertz CT molecular complexity index is 345. The van der Waals surface area contributed by atoms with Gasteiger partial charge in [0.1, 0.15) is 0 Å². The van der Waals surface area contributed by atoms with Crippen LogP contribution in [0.2, 0.25) is 0 Å². The quantitative estimate of drug-likeness (QED) is 0.310. The summed E-state index contributed by atoms with van der Waals surface area (Å²) in [7, 11) is 0. The molecule has 0 bridgehead atoms. The molecule has 0 aliphatic heterocycles. The molecule has 1 unspecified atom stereocenters. The molecular formula is C19H34O2. The van der Waals surface area contributed by atoms with E-state index in [1.54, 1.807) is 6.08 Å². The summed E-state index contributed by atoms with van der Waals surface area (Å²) < 4.78 is 4.88. The molecule has 0 amide bonds. The van der Waals surface area contributed by atoms with E-state index in [4.69, 9.17) is 4.74 Å². The van der Waals surface area contributed by atoms with Crippen molar-refractivity contribution in [3.8, 4) is 0 Å². The maximum atomic E-state index is 11.3. The van der Waals surface area contributed by atoms with E-state index in [0.717, 1.165) is 17.9 Å². The molecule has 0 radical (unpaired) electrons. The van der Waals surface area contributed by atoms with Crippen LogP contribution >= 0.6 is 0 Å². The zero-order chi connectivity index (χ0) is 16.3. The van der Waals surface area contributed by atoms with Gasteiger partial charge in [-0.3, -0.25) is 0 Å². The van der Waals surface area contributed by atoms with Crippen molar-refractivity contribution in [2.24, 2.45) is 11.3 Å². The predicted octanol–water partition coefficient (Wildman–Crippen LogP) is 5.68. The third kappa shape index (κ3) is 13.7. The minimum atomic E-state index is -0.254. The zero-order valence-corrected chi connectivity index (χ0v) is 14.9. The fourth-order valence-corrected chi connectivity index (χ4v) is 2.19. The fraction of sp³-hybridized carbons (Fsp3) is 0.737. The highest BCUT2D eigenvalue weighted by atomic mass is 16.5. The summed E-state index contributed by atoms with van der Waals surface area (Å²) in [6.07, 6.45) is 11.9. The van der Waals surface area contributed by atoms with Crippen LogP contribution in [-0.4, -0.2) is 12.6 Å². The summed E-state index contributed by atoms with van der Waals surface area (Å²) in [5.74, 6) is 0.515. The van der Waals surface area contributed by atoms with Gasteiger partial charge in [0.05, 0.1) is 6.61 Å². The molecule has 122 valence electrons. The highest BCUT2D eigenvalue weighted by Crippen LogP contribution is 2.24. The molecule has 0 N–H and O–H groups in total. The average Bonchev–Trinajstić information content (AvgIpc) is 2.33. The first-order chi connectivity index (χ1) is 9.74. The van der Waals surface area contributed by atoms with Crippen LogP contribution < -0.4 is 0 Å². The molecule has 0 spiro atoms. The number of rotatable bonds is 9. The normalized spacial score (nSPS) is 14.5. The van der Waals surface area contributed by atoms with Crippen molar-refractivity contribution in [2.75, 3.05) is 6.61 Å². The highest BCUT2D eigenvalue weighted by molar-refractivity contribution is 5.83. The Morgan fingerprint density at radius 1 is 1.24 bits per heavy atom. The van der Waals surface area contributed by atoms with Crippen molar-refractivity contribution in [2.45, 2.75) is 73.6 Å². The van der Waals surface area contributed by atoms with Gasteiger partial charge >= 0.3 is 5.97 Å². The molecule has 2 heteroatoms. The Morgan fingerprint density at radius 3 is 2.48 bits per heavy atom. The predicted molar refractivity (Wildman–Crippen MR) is 91.2 cm³/mol. The maximum absolute atomic E-state index is 11.3. The van der Waals surface area contributed by atoms with Crippen molar-refractivity contribution in [3.05, 3.63) is 23.8 Å². The molecule has 0 aromatic rings. The summed E-state index contributed by atoms with van der Waals surface area (Å²) in [5, 5.41) is 0. The molecule has 0 saturated heterocycles. The van der Waals surface area contributed by atoms with Gasteiger partial charge in [-0.1, -0.05) is 52.7 Å². The molecule has 21 heavy (non-hydrogen) atoms. The molecule has 0 heterocycles. The van der Waals surface area contributed by atoms with Gasteiger partial charge in [0, 0.05) is 6.08 Å². The molecule has 0 fully saturated rings. The topological polar surface area (TPSA) is 26.3 Å². The van der Waals surface area contributed by atoms with Gasteiger partial charge in [-0.15, -0.1) is 0 Å². The van der Waals surface area contributed by atoms with Crippen LogP contribution in [-0.2, 0) is 9.53 Å². The Morgan fingerprint density at radius 2 is 1.90 bits per heavy atom. The Balaban J connectivity index is 3.86. The Kier molecular flexibility index (Phi) is 10.1. The number of allylic oxidation sites excluding steroid dienone is 3. The number of carbonyl (C=O) groups is 1. The minimum absolute atomic E-state index is 0.254. The number of esters is 1. The highest BCUT2D eigenvalue weighted by Gasteiger charge is 2.10. The lowest BCUT2D eigenvalue weighted by Gasteiger charge is -2.19. The van der Waals surface area contributed by atoms with Gasteiger partial charge in [-0.2, -0.15) is 0 Å². The summed E-state index contributed by atoms with van der Waals surface area (Å²) in [6.45, 7) is 13.4. The largest absolute Gasteiger partial charge is 0.463 e. The summed E-state index contributed by atoms with van der Waals surface area (Å²) in [6, 6.07) is 0. The summed E-state index contributed by atoms with van der Waals surface area (Å²) in [5.41, 5.74) is 1.41. The second-order valence-corrected chi connectivity index (χ2v) is 7.18. The van der Waals surface area contributed by atoms with Crippen molar-refractivity contribution in [3.63, 3.8) is 0 Å². The third-order valence-electron chi connectivity index (χ3n) is 3.46. The van der Waals surface area contributed by atoms with Crippen LogP contribution in [0.5, 0.6) is 0 Å². The van der Waals surface area contributed by atoms with Crippen LogP contribution in [0.25, 0.3) is 0 Å². The molecule has 0 aliphatic rings. The van der Waals surface area contributed by atoms with Crippen molar-refractivity contribution < 1.29 is 9.53 Å². The molecule has 2 nitrogen and oxygen atoms in total. The van der Waals surface area contributed by atoms with Gasteiger partial charge in [0.2, 0.25) is 0 Å². The molecular weight excluding hydrogens is 260 g/mol. The van der Waals surface area contributed by atoms with E-state index >= 15 is 0 Å². The lowest BCUT2D eigenvalue weighted by Crippen LogP contribution is -2.05. The Hall–Kier alpha value is -1.05. The van der Waals surface area contributed by atoms with E-state index in [9.17, 15) is 4.79 Å². The summed E-state index contributed by atoms with van der Waals surface area (Å²) in [4.78, 5) is 11.3. The maximum Gasteiger partial charge on any atom is 0.330 e. The second kappa shape index (κ2) is 10.6.